The van der Waals surface area contributed by atoms with E-state index in [0.29, 0.717) is 30.5 Å². The van der Waals surface area contributed by atoms with Crippen LogP contribution in [0.3, 0.4) is 0 Å². The monoisotopic (exact) mass is 488 g/mol. The third-order valence-corrected chi connectivity index (χ3v) is 5.92. The molecule has 2 N–H and O–H groups in total. The quantitative estimate of drug-likeness (QED) is 0.418. The van der Waals surface area contributed by atoms with E-state index in [4.69, 9.17) is 14.3 Å². The van der Waals surface area contributed by atoms with Crippen molar-refractivity contribution in [3.8, 4) is 0 Å². The number of amides is 2. The summed E-state index contributed by atoms with van der Waals surface area (Å²) < 4.78 is 11.2. The van der Waals surface area contributed by atoms with Crippen LogP contribution in [0, 0.1) is 5.92 Å². The predicted molar refractivity (Wildman–Crippen MR) is 134 cm³/mol. The van der Waals surface area contributed by atoms with Crippen molar-refractivity contribution in [3.63, 3.8) is 0 Å². The Morgan fingerprint density at radius 3 is 2.71 bits per heavy atom. The summed E-state index contributed by atoms with van der Waals surface area (Å²) >= 11 is 0. The molecule has 1 aromatic heterocycles. The molecule has 0 aliphatic carbocycles. The minimum atomic E-state index is -0.616. The molecule has 0 aromatic carbocycles. The number of hydrogen-bond donors (Lipinski definition) is 2. The zero-order valence-electron chi connectivity index (χ0n) is 21.6. The highest BCUT2D eigenvalue weighted by atomic mass is 16.8. The van der Waals surface area contributed by atoms with Crippen molar-refractivity contribution in [2.45, 2.75) is 84.2 Å². The van der Waals surface area contributed by atoms with Crippen molar-refractivity contribution in [2.75, 3.05) is 24.6 Å². The van der Waals surface area contributed by atoms with Gasteiger partial charge in [-0.3, -0.25) is 14.7 Å². The highest BCUT2D eigenvalue weighted by molar-refractivity contribution is 5.91. The summed E-state index contributed by atoms with van der Waals surface area (Å²) in [5, 5.41) is 3.42. The fourth-order valence-corrected chi connectivity index (χ4v) is 4.58. The number of pyridine rings is 1. The summed E-state index contributed by atoms with van der Waals surface area (Å²) in [4.78, 5) is 37.0. The van der Waals surface area contributed by atoms with Gasteiger partial charge in [-0.15, -0.1) is 0 Å². The van der Waals surface area contributed by atoms with Crippen LogP contribution < -0.4 is 15.7 Å². The summed E-state index contributed by atoms with van der Waals surface area (Å²) in [6, 6.07) is 3.63. The predicted octanol–water partition coefficient (Wildman–Crippen LogP) is 4.19. The first-order chi connectivity index (χ1) is 16.6. The summed E-state index contributed by atoms with van der Waals surface area (Å²) in [5.41, 5.74) is 2.64. The van der Waals surface area contributed by atoms with Crippen molar-refractivity contribution in [1.82, 2.24) is 15.8 Å². The molecule has 2 aliphatic heterocycles. The van der Waals surface area contributed by atoms with Crippen LogP contribution in [0.15, 0.2) is 24.4 Å². The maximum absolute atomic E-state index is 13.4. The van der Waals surface area contributed by atoms with Gasteiger partial charge in [-0.2, -0.15) is 0 Å². The molecule has 194 valence electrons. The topological polar surface area (TPSA) is 102 Å². The van der Waals surface area contributed by atoms with Gasteiger partial charge in [0.1, 0.15) is 5.60 Å². The molecule has 0 spiro atoms. The standard InChI is InChI=1S/C26H40N4O5/c1-19(2)16-26(13-14-27-18-26)30(24(32)34-25(3,4)5)21-11-9-20(28-17-21)10-12-22(31)29-35-23-8-6-7-15-33-23/h9-12,17,19,23,27H,6-8,13-16,18H2,1-5H3,(H,29,31)/t23?,26-/m0/s1. The van der Waals surface area contributed by atoms with Gasteiger partial charge in [-0.1, -0.05) is 13.8 Å². The average molecular weight is 489 g/mol. The number of hydrogen-bond acceptors (Lipinski definition) is 7. The lowest BCUT2D eigenvalue weighted by Gasteiger charge is -2.42. The number of nitrogens with zero attached hydrogens (tertiary/aromatic N) is 2. The van der Waals surface area contributed by atoms with E-state index in [9.17, 15) is 9.59 Å². The van der Waals surface area contributed by atoms with Crippen molar-refractivity contribution in [2.24, 2.45) is 5.92 Å². The van der Waals surface area contributed by atoms with E-state index in [1.165, 1.54) is 6.08 Å². The fraction of sp³-hybridized carbons (Fsp3) is 0.654. The number of anilines is 1. The summed E-state index contributed by atoms with van der Waals surface area (Å²) in [6.07, 6.45) is 8.29. The molecule has 0 bridgehead atoms. The third kappa shape index (κ3) is 8.02. The minimum Gasteiger partial charge on any atom is -0.443 e. The van der Waals surface area contributed by atoms with Gasteiger partial charge in [0.2, 0.25) is 0 Å². The van der Waals surface area contributed by atoms with Crippen molar-refractivity contribution in [1.29, 1.82) is 0 Å². The van der Waals surface area contributed by atoms with Gasteiger partial charge in [0, 0.05) is 25.6 Å². The van der Waals surface area contributed by atoms with Crippen LogP contribution in [0.4, 0.5) is 10.5 Å². The first-order valence-corrected chi connectivity index (χ1v) is 12.5. The second-order valence-electron chi connectivity index (χ2n) is 10.7. The van der Waals surface area contributed by atoms with Gasteiger partial charge in [0.15, 0.2) is 6.29 Å². The number of ether oxygens (including phenoxy) is 2. The molecule has 1 unspecified atom stereocenters. The first-order valence-electron chi connectivity index (χ1n) is 12.5. The first kappa shape index (κ1) is 27.1. The molecule has 2 saturated heterocycles. The van der Waals surface area contributed by atoms with E-state index in [2.05, 4.69) is 29.6 Å². The molecule has 1 aromatic rings. The minimum absolute atomic E-state index is 0.381. The molecule has 2 aliphatic rings. The van der Waals surface area contributed by atoms with Crippen LogP contribution in [0.25, 0.3) is 6.08 Å². The number of carbonyl (C=O) groups excluding carboxylic acids is 2. The largest absolute Gasteiger partial charge is 0.443 e. The Balaban J connectivity index is 1.73. The molecule has 0 radical (unpaired) electrons. The lowest BCUT2D eigenvalue weighted by molar-refractivity contribution is -0.198. The summed E-state index contributed by atoms with van der Waals surface area (Å²) in [7, 11) is 0. The van der Waals surface area contributed by atoms with Crippen LogP contribution in [0.5, 0.6) is 0 Å². The molecule has 3 heterocycles. The molecule has 9 nitrogen and oxygen atoms in total. The van der Waals surface area contributed by atoms with E-state index in [1.807, 2.05) is 26.8 Å². The number of aromatic nitrogens is 1. The molecular formula is C26H40N4O5. The molecule has 2 fully saturated rings. The number of hydroxylamine groups is 1. The Bertz CT molecular complexity index is 867. The zero-order chi connectivity index (χ0) is 25.5. The normalized spacial score (nSPS) is 23.0. The maximum atomic E-state index is 13.4. The average Bonchev–Trinajstić information content (AvgIpc) is 3.24. The molecular weight excluding hydrogens is 448 g/mol. The Morgan fingerprint density at radius 2 is 2.14 bits per heavy atom. The van der Waals surface area contributed by atoms with E-state index < -0.39 is 23.3 Å². The molecule has 0 saturated carbocycles. The van der Waals surface area contributed by atoms with Crippen LogP contribution in [-0.4, -0.2) is 54.1 Å². The van der Waals surface area contributed by atoms with Crippen molar-refractivity contribution in [3.05, 3.63) is 30.1 Å². The Labute approximate surface area is 208 Å². The van der Waals surface area contributed by atoms with Gasteiger partial charge in [-0.25, -0.2) is 15.1 Å². The van der Waals surface area contributed by atoms with E-state index in [0.717, 1.165) is 38.6 Å². The van der Waals surface area contributed by atoms with Gasteiger partial charge in [0.05, 0.1) is 23.1 Å². The summed E-state index contributed by atoms with van der Waals surface area (Å²) in [5.74, 6) is 0.00286. The third-order valence-electron chi connectivity index (χ3n) is 5.92. The lowest BCUT2D eigenvalue weighted by Crippen LogP contribution is -2.55. The second kappa shape index (κ2) is 12.0. The summed E-state index contributed by atoms with van der Waals surface area (Å²) in [6.45, 7) is 12.1. The SMILES string of the molecule is CC(C)C[C@@]1(N(C(=O)OC(C)(C)C)c2ccc(C=CC(=O)NOC3CCCCO3)nc2)CCNC1. The van der Waals surface area contributed by atoms with Crippen molar-refractivity contribution < 1.29 is 23.9 Å². The number of nitrogens with one attached hydrogen (secondary N) is 2. The molecule has 9 heteroatoms. The van der Waals surface area contributed by atoms with Gasteiger partial charge in [-0.05, 0) is 77.1 Å². The molecule has 35 heavy (non-hydrogen) atoms. The Kier molecular flexibility index (Phi) is 9.27. The maximum Gasteiger partial charge on any atom is 0.415 e. The van der Waals surface area contributed by atoms with Crippen LogP contribution >= 0.6 is 0 Å². The number of rotatable bonds is 8. The zero-order valence-corrected chi connectivity index (χ0v) is 21.6. The smallest absolute Gasteiger partial charge is 0.415 e. The highest BCUT2D eigenvalue weighted by Gasteiger charge is 2.45. The highest BCUT2D eigenvalue weighted by Crippen LogP contribution is 2.36. The van der Waals surface area contributed by atoms with E-state index in [1.54, 1.807) is 23.2 Å². The van der Waals surface area contributed by atoms with Crippen LogP contribution in [0.1, 0.15) is 72.4 Å². The molecule has 2 atom stereocenters. The number of carbonyl (C=O) groups is 2. The van der Waals surface area contributed by atoms with E-state index >= 15 is 0 Å². The van der Waals surface area contributed by atoms with Gasteiger partial charge < -0.3 is 14.8 Å². The van der Waals surface area contributed by atoms with Gasteiger partial charge in [0.25, 0.3) is 5.91 Å². The van der Waals surface area contributed by atoms with Gasteiger partial charge >= 0.3 is 6.09 Å². The second-order valence-corrected chi connectivity index (χ2v) is 10.7. The van der Waals surface area contributed by atoms with E-state index in [-0.39, 0.29) is 6.09 Å². The van der Waals surface area contributed by atoms with Crippen LogP contribution in [-0.2, 0) is 19.1 Å². The Morgan fingerprint density at radius 1 is 1.34 bits per heavy atom. The molecule has 2 amide bonds. The fourth-order valence-electron chi connectivity index (χ4n) is 4.58. The lowest BCUT2D eigenvalue weighted by atomic mass is 9.86. The van der Waals surface area contributed by atoms with Crippen LogP contribution in [0.2, 0.25) is 0 Å². The van der Waals surface area contributed by atoms with Crippen molar-refractivity contribution >= 4 is 23.8 Å². The molecule has 3 rings (SSSR count). The Hall–Kier alpha value is -2.49.